The Hall–Kier alpha value is -3.47. The third-order valence-electron chi connectivity index (χ3n) is 7.90. The number of carboxylic acid groups (broad SMARTS) is 1. The van der Waals surface area contributed by atoms with E-state index in [4.69, 9.17) is 14.2 Å². The number of alkyl carbamates (subject to hydrolysis) is 1. The molecule has 1 aliphatic carbocycles. The molecule has 0 aliphatic heterocycles. The molecule has 2 aromatic carbocycles. The molecule has 2 aromatic rings. The number of aliphatic hydroxyl groups is 1. The monoisotopic (exact) mass is 612 g/mol. The molecule has 0 aromatic heterocycles. The normalized spacial score (nSPS) is 15.1. The Kier molecular flexibility index (Phi) is 12.3. The number of carbonyl (C=O) groups is 3. The van der Waals surface area contributed by atoms with Crippen LogP contribution in [0.15, 0.2) is 48.5 Å². The number of hydrogen-bond donors (Lipinski definition) is 4. The van der Waals surface area contributed by atoms with Gasteiger partial charge >= 0.3 is 12.1 Å². The zero-order chi connectivity index (χ0) is 32.5. The van der Waals surface area contributed by atoms with Gasteiger partial charge in [0.1, 0.15) is 12.6 Å². The van der Waals surface area contributed by atoms with Gasteiger partial charge in [0.05, 0.1) is 18.3 Å². The van der Waals surface area contributed by atoms with Gasteiger partial charge in [-0.1, -0.05) is 55.5 Å². The van der Waals surface area contributed by atoms with Crippen LogP contribution in [0.1, 0.15) is 84.3 Å². The van der Waals surface area contributed by atoms with Crippen molar-refractivity contribution in [2.75, 3.05) is 19.8 Å². The van der Waals surface area contributed by atoms with Crippen LogP contribution in [0.3, 0.4) is 0 Å². The molecular weight excluding hydrogens is 564 g/mol. The van der Waals surface area contributed by atoms with Gasteiger partial charge < -0.3 is 35.1 Å². The fourth-order valence-corrected chi connectivity index (χ4v) is 5.34. The van der Waals surface area contributed by atoms with Crippen LogP contribution in [0.5, 0.6) is 0 Å². The number of amides is 2. The first-order valence-electron chi connectivity index (χ1n) is 15.3. The molecule has 10 nitrogen and oxygen atoms in total. The average Bonchev–Trinajstić information content (AvgIpc) is 3.27. The summed E-state index contributed by atoms with van der Waals surface area (Å²) in [6.07, 6.45) is 0.320. The summed E-state index contributed by atoms with van der Waals surface area (Å²) >= 11 is 0. The summed E-state index contributed by atoms with van der Waals surface area (Å²) in [5.74, 6) is -2.86. The Morgan fingerprint density at radius 3 is 2.11 bits per heavy atom. The number of carbonyl (C=O) groups excluding carboxylic acids is 2. The Morgan fingerprint density at radius 1 is 0.955 bits per heavy atom. The van der Waals surface area contributed by atoms with Gasteiger partial charge in [-0.15, -0.1) is 0 Å². The summed E-state index contributed by atoms with van der Waals surface area (Å²) in [5.41, 5.74) is 3.89. The van der Waals surface area contributed by atoms with Crippen molar-refractivity contribution in [3.63, 3.8) is 0 Å². The number of benzene rings is 2. The van der Waals surface area contributed by atoms with Crippen molar-refractivity contribution in [3.05, 3.63) is 59.7 Å². The molecular formula is C34H48N2O8. The number of carboxylic acids is 1. The second kappa shape index (κ2) is 15.5. The van der Waals surface area contributed by atoms with Crippen molar-refractivity contribution in [1.82, 2.24) is 10.6 Å². The molecule has 0 saturated carbocycles. The summed E-state index contributed by atoms with van der Waals surface area (Å²) in [7, 11) is 0. The smallest absolute Gasteiger partial charge is 0.407 e. The molecule has 10 heteroatoms. The average molecular weight is 613 g/mol. The summed E-state index contributed by atoms with van der Waals surface area (Å²) in [5, 5.41) is 24.6. The molecule has 0 radical (unpaired) electrons. The van der Waals surface area contributed by atoms with E-state index in [1.54, 1.807) is 13.8 Å². The minimum atomic E-state index is -1.27. The fourth-order valence-electron chi connectivity index (χ4n) is 5.34. The number of rotatable bonds is 17. The van der Waals surface area contributed by atoms with Gasteiger partial charge in [0.25, 0.3) is 0 Å². The Morgan fingerprint density at radius 2 is 1.55 bits per heavy atom. The molecule has 1 aliphatic rings. The van der Waals surface area contributed by atoms with Crippen LogP contribution in [0, 0.1) is 5.92 Å². The van der Waals surface area contributed by atoms with Gasteiger partial charge in [-0.05, 0) is 82.1 Å². The molecule has 0 fully saturated rings. The highest BCUT2D eigenvalue weighted by Crippen LogP contribution is 2.44. The number of hydrogen-bond acceptors (Lipinski definition) is 7. The van der Waals surface area contributed by atoms with Gasteiger partial charge in [-0.25, -0.2) is 9.59 Å². The predicted octanol–water partition coefficient (Wildman–Crippen LogP) is 5.22. The van der Waals surface area contributed by atoms with E-state index >= 15 is 0 Å². The molecule has 44 heavy (non-hydrogen) atoms. The molecule has 0 heterocycles. The second-order valence-corrected chi connectivity index (χ2v) is 12.7. The van der Waals surface area contributed by atoms with Gasteiger partial charge in [0, 0.05) is 18.9 Å². The molecule has 3 atom stereocenters. The lowest BCUT2D eigenvalue weighted by Crippen LogP contribution is -2.42. The first-order valence-corrected chi connectivity index (χ1v) is 15.3. The third-order valence-corrected chi connectivity index (χ3v) is 7.90. The summed E-state index contributed by atoms with van der Waals surface area (Å²) in [4.78, 5) is 36.9. The quantitative estimate of drug-likeness (QED) is 0.141. The topological polar surface area (TPSA) is 143 Å². The van der Waals surface area contributed by atoms with Gasteiger partial charge in [0.2, 0.25) is 5.91 Å². The number of ether oxygens (including phenoxy) is 3. The Labute approximate surface area is 260 Å². The van der Waals surface area contributed by atoms with Gasteiger partial charge in [0.15, 0.2) is 5.79 Å². The van der Waals surface area contributed by atoms with Crippen LogP contribution < -0.4 is 10.6 Å². The molecule has 0 unspecified atom stereocenters. The lowest BCUT2D eigenvalue weighted by atomic mass is 9.98. The molecule has 3 rings (SSSR count). The lowest BCUT2D eigenvalue weighted by Gasteiger charge is -2.32. The van der Waals surface area contributed by atoms with E-state index in [9.17, 15) is 24.6 Å². The molecule has 2 amide bonds. The van der Waals surface area contributed by atoms with E-state index in [0.717, 1.165) is 35.1 Å². The highest BCUT2D eigenvalue weighted by atomic mass is 16.6. The first kappa shape index (κ1) is 35.0. The lowest BCUT2D eigenvalue weighted by molar-refractivity contribution is -0.179. The van der Waals surface area contributed by atoms with E-state index in [-0.39, 0.29) is 43.3 Å². The maximum atomic E-state index is 12.6. The van der Waals surface area contributed by atoms with Crippen molar-refractivity contribution in [2.24, 2.45) is 5.92 Å². The molecule has 0 saturated heterocycles. The maximum Gasteiger partial charge on any atom is 0.407 e. The number of nitrogens with one attached hydrogen (secondary N) is 2. The summed E-state index contributed by atoms with van der Waals surface area (Å²) in [6, 6.07) is 14.6. The van der Waals surface area contributed by atoms with Crippen LogP contribution >= 0.6 is 0 Å². The Bertz CT molecular complexity index is 1230. The second-order valence-electron chi connectivity index (χ2n) is 12.7. The minimum absolute atomic E-state index is 0.0000667. The van der Waals surface area contributed by atoms with Crippen molar-refractivity contribution < 1.29 is 38.8 Å². The minimum Gasteiger partial charge on any atom is -0.480 e. The predicted molar refractivity (Wildman–Crippen MR) is 167 cm³/mol. The van der Waals surface area contributed by atoms with E-state index in [1.165, 1.54) is 0 Å². The molecule has 242 valence electrons. The van der Waals surface area contributed by atoms with Crippen LogP contribution in [0.2, 0.25) is 0 Å². The molecule has 0 spiro atoms. The standard InChI is InChI=1S/C34H48N2O8/c1-22(23(2)44-33(3,4)18-11-19-43-34(5,6)41)20-35-30(37)17-16-29(31(38)39)36-32(40)42-21-28-26-14-9-7-12-24(26)25-13-8-10-15-27(25)28/h7-10,12-15,22-23,28-29,41H,11,16-21H2,1-6H3,(H,35,37)(H,36,40)(H,38,39)/t22-,23-,29-/m0/s1. The third kappa shape index (κ3) is 10.6. The van der Waals surface area contributed by atoms with E-state index in [0.29, 0.717) is 13.2 Å². The van der Waals surface area contributed by atoms with E-state index in [2.05, 4.69) is 10.6 Å². The summed E-state index contributed by atoms with van der Waals surface area (Å²) in [6.45, 7) is 11.9. The highest BCUT2D eigenvalue weighted by molar-refractivity contribution is 5.82. The number of aliphatic carboxylic acids is 1. The fraction of sp³-hybridized carbons (Fsp3) is 0.559. The molecule has 4 N–H and O–H groups in total. The SMILES string of the molecule is C[C@H](OC(C)(C)CCCOC(C)(C)O)[C@@H](C)CNC(=O)CC[C@H](NC(=O)OCC1c2ccccc2-c2ccccc21)C(=O)O. The zero-order valence-corrected chi connectivity index (χ0v) is 26.7. The summed E-state index contributed by atoms with van der Waals surface area (Å²) < 4.78 is 17.1. The van der Waals surface area contributed by atoms with Crippen LogP contribution in [-0.2, 0) is 23.8 Å². The zero-order valence-electron chi connectivity index (χ0n) is 26.7. The largest absolute Gasteiger partial charge is 0.480 e. The van der Waals surface area contributed by atoms with Gasteiger partial charge in [-0.3, -0.25) is 4.79 Å². The van der Waals surface area contributed by atoms with E-state index < -0.39 is 29.5 Å². The highest BCUT2D eigenvalue weighted by Gasteiger charge is 2.30. The number of fused-ring (bicyclic) bond motifs is 3. The van der Waals surface area contributed by atoms with E-state index in [1.807, 2.05) is 76.2 Å². The van der Waals surface area contributed by atoms with Crippen LogP contribution in [-0.4, -0.2) is 71.5 Å². The van der Waals surface area contributed by atoms with Crippen molar-refractivity contribution in [3.8, 4) is 11.1 Å². The van der Waals surface area contributed by atoms with Crippen LogP contribution in [0.4, 0.5) is 4.79 Å². The first-order chi connectivity index (χ1) is 20.7. The molecule has 0 bridgehead atoms. The van der Waals surface area contributed by atoms with Gasteiger partial charge in [-0.2, -0.15) is 0 Å². The van der Waals surface area contributed by atoms with Crippen molar-refractivity contribution in [1.29, 1.82) is 0 Å². The van der Waals surface area contributed by atoms with Crippen molar-refractivity contribution >= 4 is 18.0 Å². The Balaban J connectivity index is 1.40. The van der Waals surface area contributed by atoms with Crippen LogP contribution in [0.25, 0.3) is 11.1 Å². The van der Waals surface area contributed by atoms with Crippen molar-refractivity contribution in [2.45, 2.75) is 96.7 Å². The maximum absolute atomic E-state index is 12.6.